The van der Waals surface area contributed by atoms with E-state index in [-0.39, 0.29) is 22.2 Å². The molecular formula is C24H27N3O9S2. The van der Waals surface area contributed by atoms with Gasteiger partial charge in [0.05, 0.1) is 5.03 Å². The lowest BCUT2D eigenvalue weighted by Gasteiger charge is -2.44. The molecule has 1 saturated heterocycles. The average Bonchev–Trinajstić information content (AvgIpc) is 2.81. The van der Waals surface area contributed by atoms with Crippen LogP contribution in [0.25, 0.3) is 0 Å². The number of para-hydroxylation sites is 1. The van der Waals surface area contributed by atoms with Gasteiger partial charge in [-0.3, -0.25) is 19.2 Å². The van der Waals surface area contributed by atoms with Gasteiger partial charge in [0.1, 0.15) is 29.3 Å². The summed E-state index contributed by atoms with van der Waals surface area (Å²) in [4.78, 5) is 47.3. The number of nitrogens with two attached hydrogens (primary N) is 1. The first-order valence-electron chi connectivity index (χ1n) is 11.2. The van der Waals surface area contributed by atoms with E-state index < -0.39 is 53.7 Å². The van der Waals surface area contributed by atoms with Crippen molar-refractivity contribution in [3.8, 4) is 6.07 Å². The molecule has 3 N–H and O–H groups in total. The van der Waals surface area contributed by atoms with E-state index in [9.17, 15) is 24.4 Å². The minimum Gasteiger partial charge on any atom is -0.463 e. The largest absolute Gasteiger partial charge is 0.463 e. The van der Waals surface area contributed by atoms with Crippen LogP contribution in [0.5, 0.6) is 0 Å². The van der Waals surface area contributed by atoms with Crippen LogP contribution >= 0.6 is 24.0 Å². The zero-order chi connectivity index (χ0) is 28.4. The van der Waals surface area contributed by atoms with Gasteiger partial charge in [-0.1, -0.05) is 42.2 Å². The first kappa shape index (κ1) is 30.6. The molecule has 1 aliphatic rings. The van der Waals surface area contributed by atoms with E-state index in [1.807, 2.05) is 6.07 Å². The van der Waals surface area contributed by atoms with Crippen LogP contribution < -0.4 is 11.1 Å². The lowest BCUT2D eigenvalue weighted by atomic mass is 9.99. The third kappa shape index (κ3) is 9.02. The number of benzene rings is 1. The van der Waals surface area contributed by atoms with Crippen LogP contribution in [0.1, 0.15) is 27.7 Å². The van der Waals surface area contributed by atoms with Gasteiger partial charge in [0.25, 0.3) is 0 Å². The Bertz CT molecular complexity index is 1140. The highest BCUT2D eigenvalue weighted by Gasteiger charge is 2.52. The zero-order valence-corrected chi connectivity index (χ0v) is 22.6. The number of thioether (sulfide) groups is 1. The van der Waals surface area contributed by atoms with Gasteiger partial charge in [0, 0.05) is 33.4 Å². The van der Waals surface area contributed by atoms with Crippen LogP contribution in [0, 0.1) is 11.3 Å². The Morgan fingerprint density at radius 2 is 1.53 bits per heavy atom. The van der Waals surface area contributed by atoms with Gasteiger partial charge in [-0.15, -0.1) is 0 Å². The molecular weight excluding hydrogens is 538 g/mol. The first-order chi connectivity index (χ1) is 17.9. The smallest absolute Gasteiger partial charge is 0.303 e. The van der Waals surface area contributed by atoms with Crippen LogP contribution in [0.4, 0.5) is 5.69 Å². The maximum absolute atomic E-state index is 12.1. The number of hydrogen-bond donors (Lipinski definition) is 2. The molecule has 12 nitrogen and oxygen atoms in total. The highest BCUT2D eigenvalue weighted by atomic mass is 32.2. The monoisotopic (exact) mass is 565 g/mol. The van der Waals surface area contributed by atoms with Crippen molar-refractivity contribution < 1.29 is 42.9 Å². The molecule has 204 valence electrons. The van der Waals surface area contributed by atoms with Gasteiger partial charge >= 0.3 is 23.9 Å². The quantitative estimate of drug-likeness (QED) is 0.138. The SMILES string of the molecule is CC(=O)OC[C@H]1O[C@H](S/C(Nc2ccccc2)=C(\C#N)C(N)=S)[C@H](OC(C)=O)[C@@H](OC(C)=O)[C@@H]1OC(C)=O. The number of rotatable bonds is 10. The summed E-state index contributed by atoms with van der Waals surface area (Å²) in [6, 6.07) is 10.7. The molecule has 5 atom stereocenters. The Morgan fingerprint density at radius 1 is 0.974 bits per heavy atom. The molecule has 0 spiro atoms. The van der Waals surface area contributed by atoms with E-state index in [0.29, 0.717) is 5.69 Å². The fraction of sp³-hybridized carbons (Fsp3) is 0.417. The maximum Gasteiger partial charge on any atom is 0.303 e. The molecule has 0 aromatic heterocycles. The Morgan fingerprint density at radius 3 is 2.03 bits per heavy atom. The number of nitrogens with one attached hydrogen (secondary N) is 1. The Kier molecular flexibility index (Phi) is 11.5. The van der Waals surface area contributed by atoms with Gasteiger partial charge in [0.15, 0.2) is 23.7 Å². The number of ether oxygens (including phenoxy) is 5. The van der Waals surface area contributed by atoms with E-state index >= 15 is 0 Å². The molecule has 1 heterocycles. The maximum atomic E-state index is 12.1. The molecule has 1 aromatic rings. The third-order valence-electron chi connectivity index (χ3n) is 4.80. The van der Waals surface area contributed by atoms with Crippen molar-refractivity contribution >= 4 is 58.5 Å². The summed E-state index contributed by atoms with van der Waals surface area (Å²) in [7, 11) is 0. The van der Waals surface area contributed by atoms with Crippen molar-refractivity contribution in [1.82, 2.24) is 0 Å². The summed E-state index contributed by atoms with van der Waals surface area (Å²) < 4.78 is 27.4. The zero-order valence-electron chi connectivity index (χ0n) is 21.0. The molecule has 0 amide bonds. The molecule has 38 heavy (non-hydrogen) atoms. The summed E-state index contributed by atoms with van der Waals surface area (Å²) in [6.07, 6.45) is -5.15. The van der Waals surface area contributed by atoms with Crippen LogP contribution in [-0.4, -0.2) is 65.3 Å². The highest BCUT2D eigenvalue weighted by Crippen LogP contribution is 2.38. The van der Waals surface area contributed by atoms with Gasteiger partial charge in [-0.05, 0) is 12.1 Å². The van der Waals surface area contributed by atoms with Gasteiger partial charge in [-0.25, -0.2) is 0 Å². The third-order valence-corrected chi connectivity index (χ3v) is 6.16. The van der Waals surface area contributed by atoms with Crippen LogP contribution in [0.15, 0.2) is 40.9 Å². The lowest BCUT2D eigenvalue weighted by Crippen LogP contribution is -2.61. The van der Waals surface area contributed by atoms with E-state index in [2.05, 4.69) is 5.32 Å². The number of carbonyl (C=O) groups excluding carboxylic acids is 4. The normalized spacial score (nSPS) is 23.1. The molecule has 0 saturated carbocycles. The second-order valence-corrected chi connectivity index (χ2v) is 9.41. The van der Waals surface area contributed by atoms with E-state index in [1.165, 1.54) is 6.92 Å². The molecule has 14 heteroatoms. The van der Waals surface area contributed by atoms with E-state index in [4.69, 9.17) is 41.6 Å². The number of anilines is 1. The van der Waals surface area contributed by atoms with Gasteiger partial charge in [-0.2, -0.15) is 5.26 Å². The predicted octanol–water partition coefficient (Wildman–Crippen LogP) is 1.94. The van der Waals surface area contributed by atoms with E-state index in [0.717, 1.165) is 32.5 Å². The van der Waals surface area contributed by atoms with Gasteiger partial charge < -0.3 is 34.7 Å². The fourth-order valence-corrected chi connectivity index (χ4v) is 4.86. The lowest BCUT2D eigenvalue weighted by molar-refractivity contribution is -0.237. The molecule has 1 fully saturated rings. The number of nitriles is 1. The van der Waals surface area contributed by atoms with Crippen molar-refractivity contribution in [3.63, 3.8) is 0 Å². The highest BCUT2D eigenvalue weighted by molar-refractivity contribution is 8.03. The molecule has 0 bridgehead atoms. The van der Waals surface area contributed by atoms with Crippen molar-refractivity contribution in [2.45, 2.75) is 57.5 Å². The van der Waals surface area contributed by atoms with Crippen LogP contribution in [0.3, 0.4) is 0 Å². The van der Waals surface area contributed by atoms with Crippen molar-refractivity contribution in [1.29, 1.82) is 5.26 Å². The standard InChI is InChI=1S/C24H27N3O9S2/c1-12(28)32-11-18-19(33-13(2)29)20(34-14(3)30)21(35-15(4)31)24(36-18)38-23(17(10-25)22(26)37)27-16-8-6-5-7-9-16/h5-9,18-21,24,27H,11H2,1-4H3,(H2,26,37)/b23-17+/t18-,19-,20+,21-,24-/m1/s1. The van der Waals surface area contributed by atoms with Crippen LogP contribution in [0.2, 0.25) is 0 Å². The fourth-order valence-electron chi connectivity index (χ4n) is 3.42. The second-order valence-electron chi connectivity index (χ2n) is 7.86. The minimum atomic E-state index is -1.36. The summed E-state index contributed by atoms with van der Waals surface area (Å²) in [5.41, 5.74) is 5.08. The van der Waals surface area contributed by atoms with Crippen LogP contribution in [-0.2, 0) is 42.9 Å². The average molecular weight is 566 g/mol. The van der Waals surface area contributed by atoms with Crippen molar-refractivity contribution in [2.24, 2.45) is 5.73 Å². The molecule has 0 radical (unpaired) electrons. The molecule has 2 rings (SSSR count). The Balaban J connectivity index is 2.61. The molecule has 1 aromatic carbocycles. The number of hydrogen-bond acceptors (Lipinski definition) is 13. The minimum absolute atomic E-state index is 0.0956. The molecule has 0 aliphatic carbocycles. The number of thiocarbonyl (C=S) groups is 1. The summed E-state index contributed by atoms with van der Waals surface area (Å²) >= 11 is 5.92. The van der Waals surface area contributed by atoms with Crippen molar-refractivity contribution in [2.75, 3.05) is 11.9 Å². The Hall–Kier alpha value is -3.67. The van der Waals surface area contributed by atoms with Crippen molar-refractivity contribution in [3.05, 3.63) is 40.9 Å². The van der Waals surface area contributed by atoms with Gasteiger partial charge in [0.2, 0.25) is 0 Å². The number of nitrogens with zero attached hydrogens (tertiary/aromatic N) is 1. The summed E-state index contributed by atoms with van der Waals surface area (Å²) in [5, 5.41) is 13.0. The number of esters is 4. The summed E-state index contributed by atoms with van der Waals surface area (Å²) in [6.45, 7) is 4.17. The molecule has 0 unspecified atom stereocenters. The first-order valence-corrected chi connectivity index (χ1v) is 12.4. The van der Waals surface area contributed by atoms with E-state index in [1.54, 1.807) is 30.3 Å². The predicted molar refractivity (Wildman–Crippen MR) is 139 cm³/mol. The summed E-state index contributed by atoms with van der Waals surface area (Å²) in [5.74, 6) is -2.90. The second kappa shape index (κ2) is 14.3. The Labute approximate surface area is 228 Å². The molecule has 1 aliphatic heterocycles. The number of carbonyl (C=O) groups is 4. The topological polar surface area (TPSA) is 176 Å².